The summed E-state index contributed by atoms with van der Waals surface area (Å²) in [6.07, 6.45) is 1.08. The molecule has 5 heteroatoms. The second-order valence-electron chi connectivity index (χ2n) is 5.22. The summed E-state index contributed by atoms with van der Waals surface area (Å²) in [5.41, 5.74) is 8.09. The van der Waals surface area contributed by atoms with Crippen molar-refractivity contribution in [2.24, 2.45) is 0 Å². The molecule has 0 aromatic heterocycles. The first-order valence-corrected chi connectivity index (χ1v) is 7.00. The van der Waals surface area contributed by atoms with E-state index in [0.29, 0.717) is 17.3 Å². The van der Waals surface area contributed by atoms with Crippen LogP contribution in [0.25, 0.3) is 0 Å². The van der Waals surface area contributed by atoms with Crippen LogP contribution in [0, 0.1) is 0 Å². The monoisotopic (exact) mass is 277 g/mol. The van der Waals surface area contributed by atoms with Gasteiger partial charge in [0.2, 0.25) is 0 Å². The van der Waals surface area contributed by atoms with Crippen LogP contribution in [0.1, 0.15) is 23.7 Å². The Morgan fingerprint density at radius 2 is 2.20 bits per heavy atom. The Morgan fingerprint density at radius 1 is 1.45 bits per heavy atom. The summed E-state index contributed by atoms with van der Waals surface area (Å²) in [5.74, 6) is -0.334. The largest absolute Gasteiger partial charge is 0.465 e. The van der Waals surface area contributed by atoms with Crippen molar-refractivity contribution < 1.29 is 9.53 Å². The Kier molecular flexibility index (Phi) is 4.49. The fourth-order valence-corrected chi connectivity index (χ4v) is 2.78. The normalized spacial score (nSPS) is 19.9. The fraction of sp³-hybridized carbons (Fsp3) is 0.533. The van der Waals surface area contributed by atoms with Crippen LogP contribution in [-0.2, 0) is 4.74 Å². The van der Waals surface area contributed by atoms with E-state index in [4.69, 9.17) is 10.5 Å². The van der Waals surface area contributed by atoms with Gasteiger partial charge in [-0.2, -0.15) is 0 Å². The molecule has 20 heavy (non-hydrogen) atoms. The molecule has 0 saturated carbocycles. The average Bonchev–Trinajstić information content (AvgIpc) is 2.47. The number of nitrogens with two attached hydrogens (primary N) is 1. The number of nitrogen functional groups attached to an aromatic ring is 1. The number of piperazine rings is 1. The molecule has 1 saturated heterocycles. The van der Waals surface area contributed by atoms with Crippen molar-refractivity contribution >= 4 is 17.3 Å². The first kappa shape index (κ1) is 14.7. The SMILES string of the molecule is CCC1CN(c2c(N)cccc2C(=O)OC)CCN1C. The number of carbonyl (C=O) groups excluding carboxylic acids is 1. The van der Waals surface area contributed by atoms with E-state index in [1.807, 2.05) is 6.07 Å². The molecule has 2 rings (SSSR count). The van der Waals surface area contributed by atoms with E-state index in [-0.39, 0.29) is 5.97 Å². The quantitative estimate of drug-likeness (QED) is 0.671. The zero-order valence-corrected chi connectivity index (χ0v) is 12.4. The molecule has 0 aliphatic carbocycles. The third-order valence-corrected chi connectivity index (χ3v) is 4.04. The first-order valence-electron chi connectivity index (χ1n) is 7.00. The van der Waals surface area contributed by atoms with Gasteiger partial charge < -0.3 is 15.4 Å². The van der Waals surface area contributed by atoms with E-state index in [9.17, 15) is 4.79 Å². The third-order valence-electron chi connectivity index (χ3n) is 4.04. The van der Waals surface area contributed by atoms with Gasteiger partial charge >= 0.3 is 5.97 Å². The number of hydrogen-bond donors (Lipinski definition) is 1. The van der Waals surface area contributed by atoms with Gasteiger partial charge in [-0.15, -0.1) is 0 Å². The van der Waals surface area contributed by atoms with E-state index in [0.717, 1.165) is 31.7 Å². The van der Waals surface area contributed by atoms with E-state index < -0.39 is 0 Å². The highest BCUT2D eigenvalue weighted by Crippen LogP contribution is 2.30. The van der Waals surface area contributed by atoms with Crippen LogP contribution in [0.2, 0.25) is 0 Å². The van der Waals surface area contributed by atoms with Crippen molar-refractivity contribution in [3.63, 3.8) is 0 Å². The predicted molar refractivity (Wildman–Crippen MR) is 81.1 cm³/mol. The fourth-order valence-electron chi connectivity index (χ4n) is 2.78. The predicted octanol–water partition coefficient (Wildman–Crippen LogP) is 1.59. The molecule has 110 valence electrons. The number of para-hydroxylation sites is 1. The number of methoxy groups -OCH3 is 1. The summed E-state index contributed by atoms with van der Waals surface area (Å²) >= 11 is 0. The van der Waals surface area contributed by atoms with Crippen LogP contribution >= 0.6 is 0 Å². The van der Waals surface area contributed by atoms with Gasteiger partial charge in [-0.25, -0.2) is 4.79 Å². The molecule has 1 aromatic rings. The third kappa shape index (κ3) is 2.72. The Labute approximate surface area is 120 Å². The van der Waals surface area contributed by atoms with Gasteiger partial charge in [0.25, 0.3) is 0 Å². The molecule has 0 amide bonds. The molecule has 1 heterocycles. The standard InChI is InChI=1S/C15H23N3O2/c1-4-11-10-18(9-8-17(11)2)14-12(15(19)20-3)6-5-7-13(14)16/h5-7,11H,4,8-10,16H2,1-3H3. The molecule has 1 aromatic carbocycles. The zero-order valence-electron chi connectivity index (χ0n) is 12.4. The molecular formula is C15H23N3O2. The number of nitrogens with zero attached hydrogens (tertiary/aromatic N) is 2. The van der Waals surface area contributed by atoms with Crippen LogP contribution in [0.3, 0.4) is 0 Å². The summed E-state index contributed by atoms with van der Waals surface area (Å²) < 4.78 is 4.87. The van der Waals surface area contributed by atoms with Crippen molar-refractivity contribution in [3.05, 3.63) is 23.8 Å². The molecule has 2 N–H and O–H groups in total. The molecule has 1 atom stereocenters. The highest BCUT2D eigenvalue weighted by atomic mass is 16.5. The summed E-state index contributed by atoms with van der Waals surface area (Å²) in [5, 5.41) is 0. The highest BCUT2D eigenvalue weighted by molar-refractivity contribution is 5.99. The number of benzene rings is 1. The molecular weight excluding hydrogens is 254 g/mol. The lowest BCUT2D eigenvalue weighted by Crippen LogP contribution is -2.51. The van der Waals surface area contributed by atoms with Crippen molar-refractivity contribution in [1.29, 1.82) is 0 Å². The molecule has 0 radical (unpaired) electrons. The summed E-state index contributed by atoms with van der Waals surface area (Å²) in [7, 11) is 3.54. The Balaban J connectivity index is 2.34. The Hall–Kier alpha value is -1.75. The number of ether oxygens (including phenoxy) is 1. The molecule has 0 spiro atoms. The van der Waals surface area contributed by atoms with E-state index in [1.54, 1.807) is 12.1 Å². The van der Waals surface area contributed by atoms with Gasteiger partial charge in [0.05, 0.1) is 24.0 Å². The topological polar surface area (TPSA) is 58.8 Å². The van der Waals surface area contributed by atoms with Gasteiger partial charge in [-0.3, -0.25) is 4.90 Å². The molecule has 5 nitrogen and oxygen atoms in total. The van der Waals surface area contributed by atoms with Gasteiger partial charge in [-0.05, 0) is 25.6 Å². The van der Waals surface area contributed by atoms with Gasteiger partial charge in [0.15, 0.2) is 0 Å². The van der Waals surface area contributed by atoms with Gasteiger partial charge in [-0.1, -0.05) is 13.0 Å². The number of likely N-dealkylation sites (N-methyl/N-ethyl adjacent to an activating group) is 1. The zero-order chi connectivity index (χ0) is 14.7. The summed E-state index contributed by atoms with van der Waals surface area (Å²) in [6, 6.07) is 5.88. The number of rotatable bonds is 3. The summed E-state index contributed by atoms with van der Waals surface area (Å²) in [6.45, 7) is 4.89. The number of hydrogen-bond acceptors (Lipinski definition) is 5. The van der Waals surface area contributed by atoms with Crippen LogP contribution < -0.4 is 10.6 Å². The second-order valence-corrected chi connectivity index (χ2v) is 5.22. The number of esters is 1. The van der Waals surface area contributed by atoms with Crippen molar-refractivity contribution in [3.8, 4) is 0 Å². The maximum atomic E-state index is 11.9. The maximum absolute atomic E-state index is 11.9. The molecule has 1 fully saturated rings. The van der Waals surface area contributed by atoms with E-state index in [2.05, 4.69) is 23.8 Å². The minimum absolute atomic E-state index is 0.334. The van der Waals surface area contributed by atoms with Crippen LogP contribution in [0.15, 0.2) is 18.2 Å². The lowest BCUT2D eigenvalue weighted by molar-refractivity contribution is 0.0601. The van der Waals surface area contributed by atoms with Crippen molar-refractivity contribution in [2.75, 3.05) is 44.4 Å². The average molecular weight is 277 g/mol. The minimum atomic E-state index is -0.334. The highest BCUT2D eigenvalue weighted by Gasteiger charge is 2.27. The molecule has 0 bridgehead atoms. The van der Waals surface area contributed by atoms with Crippen molar-refractivity contribution in [2.45, 2.75) is 19.4 Å². The van der Waals surface area contributed by atoms with Gasteiger partial charge in [0.1, 0.15) is 0 Å². The lowest BCUT2D eigenvalue weighted by atomic mass is 10.1. The van der Waals surface area contributed by atoms with Gasteiger partial charge in [0, 0.05) is 25.7 Å². The Morgan fingerprint density at radius 3 is 2.85 bits per heavy atom. The van der Waals surface area contributed by atoms with Crippen LogP contribution in [0.4, 0.5) is 11.4 Å². The van der Waals surface area contributed by atoms with Crippen LogP contribution in [0.5, 0.6) is 0 Å². The smallest absolute Gasteiger partial charge is 0.340 e. The number of anilines is 2. The maximum Gasteiger partial charge on any atom is 0.340 e. The van der Waals surface area contributed by atoms with E-state index in [1.165, 1.54) is 7.11 Å². The summed E-state index contributed by atoms with van der Waals surface area (Å²) in [4.78, 5) is 16.5. The van der Waals surface area contributed by atoms with Crippen molar-refractivity contribution in [1.82, 2.24) is 4.90 Å². The first-order chi connectivity index (χ1) is 9.58. The van der Waals surface area contributed by atoms with Crippen LogP contribution in [-0.4, -0.2) is 50.7 Å². The number of carbonyl (C=O) groups is 1. The minimum Gasteiger partial charge on any atom is -0.465 e. The second kappa shape index (κ2) is 6.13. The lowest BCUT2D eigenvalue weighted by Gasteiger charge is -2.41. The molecule has 1 aliphatic heterocycles. The Bertz CT molecular complexity index is 490. The molecule has 1 aliphatic rings. The van der Waals surface area contributed by atoms with E-state index >= 15 is 0 Å². The molecule has 1 unspecified atom stereocenters.